The summed E-state index contributed by atoms with van der Waals surface area (Å²) in [6.45, 7) is 1.15. The van der Waals surface area contributed by atoms with E-state index in [-0.39, 0.29) is 0 Å². The van der Waals surface area contributed by atoms with Crippen LogP contribution in [0.25, 0.3) is 0 Å². The van der Waals surface area contributed by atoms with E-state index >= 15 is 0 Å². The van der Waals surface area contributed by atoms with Gasteiger partial charge in [-0.3, -0.25) is 0 Å². The summed E-state index contributed by atoms with van der Waals surface area (Å²) in [5, 5.41) is 12.2. The molecule has 2 aromatic rings. The zero-order valence-corrected chi connectivity index (χ0v) is 10.7. The standard InChI is InChI=1S/C14H14O3S/c15-12(9-11-2-1-7-18-11)10-3-4-13-14(8-10)17-6-5-16-13/h1-4,7-8,12,15H,5-6,9H2. The molecule has 3 rings (SSSR count). The smallest absolute Gasteiger partial charge is 0.161 e. The molecule has 0 aliphatic carbocycles. The molecule has 4 heteroatoms. The summed E-state index contributed by atoms with van der Waals surface area (Å²) in [6, 6.07) is 9.66. The number of hydrogen-bond acceptors (Lipinski definition) is 4. The molecule has 1 aromatic heterocycles. The van der Waals surface area contributed by atoms with Gasteiger partial charge in [0, 0.05) is 11.3 Å². The highest BCUT2D eigenvalue weighted by atomic mass is 32.1. The van der Waals surface area contributed by atoms with E-state index in [0.717, 1.165) is 17.1 Å². The van der Waals surface area contributed by atoms with Crippen molar-refractivity contribution >= 4 is 11.3 Å². The van der Waals surface area contributed by atoms with Crippen molar-refractivity contribution < 1.29 is 14.6 Å². The van der Waals surface area contributed by atoms with Gasteiger partial charge in [0.05, 0.1) is 6.10 Å². The largest absolute Gasteiger partial charge is 0.486 e. The Hall–Kier alpha value is -1.52. The lowest BCUT2D eigenvalue weighted by molar-refractivity contribution is 0.165. The minimum absolute atomic E-state index is 0.500. The van der Waals surface area contributed by atoms with Gasteiger partial charge in [0.2, 0.25) is 0 Å². The van der Waals surface area contributed by atoms with Gasteiger partial charge in [-0.2, -0.15) is 0 Å². The van der Waals surface area contributed by atoms with Crippen molar-refractivity contribution in [3.05, 3.63) is 46.2 Å². The Morgan fingerprint density at radius 3 is 2.78 bits per heavy atom. The van der Waals surface area contributed by atoms with Crippen molar-refractivity contribution in [1.82, 2.24) is 0 Å². The van der Waals surface area contributed by atoms with Gasteiger partial charge in [-0.25, -0.2) is 0 Å². The number of ether oxygens (including phenoxy) is 2. The molecule has 2 heterocycles. The Labute approximate surface area is 110 Å². The van der Waals surface area contributed by atoms with E-state index in [2.05, 4.69) is 0 Å². The summed E-state index contributed by atoms with van der Waals surface area (Å²) in [5.41, 5.74) is 0.868. The van der Waals surface area contributed by atoms with E-state index < -0.39 is 6.10 Å². The molecule has 1 aromatic carbocycles. The topological polar surface area (TPSA) is 38.7 Å². The molecule has 0 bridgehead atoms. The van der Waals surface area contributed by atoms with Gasteiger partial charge in [0.1, 0.15) is 13.2 Å². The molecule has 0 spiro atoms. The lowest BCUT2D eigenvalue weighted by Crippen LogP contribution is -2.15. The highest BCUT2D eigenvalue weighted by molar-refractivity contribution is 7.09. The van der Waals surface area contributed by atoms with Crippen molar-refractivity contribution in [2.75, 3.05) is 13.2 Å². The van der Waals surface area contributed by atoms with E-state index in [9.17, 15) is 5.11 Å². The molecule has 1 atom stereocenters. The Balaban J connectivity index is 1.79. The summed E-state index contributed by atoms with van der Waals surface area (Å²) in [6.07, 6.45) is 0.136. The number of thiophene rings is 1. The van der Waals surface area contributed by atoms with E-state index in [1.54, 1.807) is 11.3 Å². The van der Waals surface area contributed by atoms with Crippen molar-refractivity contribution in [1.29, 1.82) is 0 Å². The maximum absolute atomic E-state index is 10.2. The molecular weight excluding hydrogens is 248 g/mol. The van der Waals surface area contributed by atoms with Gasteiger partial charge >= 0.3 is 0 Å². The highest BCUT2D eigenvalue weighted by Gasteiger charge is 2.15. The molecule has 0 saturated heterocycles. The maximum atomic E-state index is 10.2. The van der Waals surface area contributed by atoms with Crippen LogP contribution in [0, 0.1) is 0 Å². The summed E-state index contributed by atoms with van der Waals surface area (Å²) < 4.78 is 11.0. The summed E-state index contributed by atoms with van der Waals surface area (Å²) in [7, 11) is 0. The van der Waals surface area contributed by atoms with E-state index in [0.29, 0.717) is 19.6 Å². The predicted octanol–water partition coefficient (Wildman–Crippen LogP) is 2.80. The second-order valence-electron chi connectivity index (χ2n) is 4.20. The molecule has 94 valence electrons. The van der Waals surface area contributed by atoms with Gasteiger partial charge in [0.25, 0.3) is 0 Å². The van der Waals surface area contributed by atoms with Crippen LogP contribution in [-0.4, -0.2) is 18.3 Å². The van der Waals surface area contributed by atoms with Gasteiger partial charge < -0.3 is 14.6 Å². The molecule has 0 amide bonds. The number of rotatable bonds is 3. The Kier molecular flexibility index (Phi) is 3.21. The monoisotopic (exact) mass is 262 g/mol. The SMILES string of the molecule is OC(Cc1cccs1)c1ccc2c(c1)OCCO2. The third-order valence-corrected chi connectivity index (χ3v) is 3.82. The van der Waals surface area contributed by atoms with Crippen LogP contribution >= 0.6 is 11.3 Å². The summed E-state index contributed by atoms with van der Waals surface area (Å²) >= 11 is 1.66. The molecular formula is C14H14O3S. The molecule has 1 N–H and O–H groups in total. The number of aliphatic hydroxyl groups excluding tert-OH is 1. The predicted molar refractivity (Wildman–Crippen MR) is 70.4 cm³/mol. The van der Waals surface area contributed by atoms with Crippen LogP contribution < -0.4 is 9.47 Å². The minimum atomic E-state index is -0.500. The number of fused-ring (bicyclic) bond motifs is 1. The first-order valence-corrected chi connectivity index (χ1v) is 6.81. The first-order chi connectivity index (χ1) is 8.83. The Morgan fingerprint density at radius 2 is 2.00 bits per heavy atom. The Morgan fingerprint density at radius 1 is 1.17 bits per heavy atom. The maximum Gasteiger partial charge on any atom is 0.161 e. The van der Waals surface area contributed by atoms with Gasteiger partial charge in [-0.1, -0.05) is 12.1 Å². The summed E-state index contributed by atoms with van der Waals surface area (Å²) in [5.74, 6) is 1.48. The lowest BCUT2D eigenvalue weighted by Gasteiger charge is -2.20. The zero-order valence-electron chi connectivity index (χ0n) is 9.83. The van der Waals surface area contributed by atoms with Crippen LogP contribution in [0.4, 0.5) is 0 Å². The molecule has 3 nitrogen and oxygen atoms in total. The van der Waals surface area contributed by atoms with Crippen LogP contribution in [0.5, 0.6) is 11.5 Å². The first kappa shape index (κ1) is 11.6. The number of aliphatic hydroxyl groups is 1. The van der Waals surface area contributed by atoms with E-state index in [1.165, 1.54) is 4.88 Å². The van der Waals surface area contributed by atoms with Gasteiger partial charge in [0.15, 0.2) is 11.5 Å². The third-order valence-electron chi connectivity index (χ3n) is 2.93. The number of benzene rings is 1. The average molecular weight is 262 g/mol. The fourth-order valence-electron chi connectivity index (χ4n) is 2.00. The summed E-state index contributed by atoms with van der Waals surface area (Å²) in [4.78, 5) is 1.18. The second kappa shape index (κ2) is 5.00. The molecule has 1 aliphatic rings. The van der Waals surface area contributed by atoms with E-state index in [4.69, 9.17) is 9.47 Å². The normalized spacial score (nSPS) is 15.4. The van der Waals surface area contributed by atoms with Gasteiger partial charge in [-0.15, -0.1) is 11.3 Å². The molecule has 0 fully saturated rings. The first-order valence-electron chi connectivity index (χ1n) is 5.93. The number of hydrogen-bond donors (Lipinski definition) is 1. The van der Waals surface area contributed by atoms with Gasteiger partial charge in [-0.05, 0) is 29.1 Å². The van der Waals surface area contributed by atoms with Crippen molar-refractivity contribution in [2.24, 2.45) is 0 Å². The highest BCUT2D eigenvalue weighted by Crippen LogP contribution is 2.33. The molecule has 1 aliphatic heterocycles. The third kappa shape index (κ3) is 2.35. The quantitative estimate of drug-likeness (QED) is 0.924. The molecule has 0 saturated carbocycles. The average Bonchev–Trinajstić information content (AvgIpc) is 2.91. The fraction of sp³-hybridized carbons (Fsp3) is 0.286. The Bertz CT molecular complexity index is 522. The van der Waals surface area contributed by atoms with Crippen LogP contribution in [0.3, 0.4) is 0 Å². The van der Waals surface area contributed by atoms with E-state index in [1.807, 2.05) is 35.7 Å². The lowest BCUT2D eigenvalue weighted by atomic mass is 10.1. The zero-order chi connectivity index (χ0) is 12.4. The van der Waals surface area contributed by atoms with Crippen LogP contribution in [-0.2, 0) is 6.42 Å². The van der Waals surface area contributed by atoms with Crippen molar-refractivity contribution in [2.45, 2.75) is 12.5 Å². The molecule has 1 unspecified atom stereocenters. The molecule has 0 radical (unpaired) electrons. The van der Waals surface area contributed by atoms with Crippen LogP contribution in [0.2, 0.25) is 0 Å². The van der Waals surface area contributed by atoms with Crippen molar-refractivity contribution in [3.63, 3.8) is 0 Å². The van der Waals surface area contributed by atoms with Crippen molar-refractivity contribution in [3.8, 4) is 11.5 Å². The minimum Gasteiger partial charge on any atom is -0.486 e. The molecule has 18 heavy (non-hydrogen) atoms. The fourth-order valence-corrected chi connectivity index (χ4v) is 2.75. The second-order valence-corrected chi connectivity index (χ2v) is 5.23. The van der Waals surface area contributed by atoms with Crippen LogP contribution in [0.15, 0.2) is 35.7 Å². The van der Waals surface area contributed by atoms with Crippen LogP contribution in [0.1, 0.15) is 16.5 Å².